The van der Waals surface area contributed by atoms with Crippen LogP contribution in [0.5, 0.6) is 0 Å². The maximum Gasteiger partial charge on any atom is 0.250 e. The highest BCUT2D eigenvalue weighted by Gasteiger charge is 2.01. The number of aromatic nitrogens is 1. The van der Waals surface area contributed by atoms with E-state index in [-0.39, 0.29) is 5.91 Å². The standard InChI is InChI=1S/C14H14N2OS/c1-10-3-5-12(6-4-10)7-8-13(17)16-14-15-11(2)9-18-14/h3-9H,1-2H3,(H,15,16,17). The molecule has 3 nitrogen and oxygen atoms in total. The van der Waals surface area contributed by atoms with Crippen molar-refractivity contribution in [1.29, 1.82) is 0 Å². The molecule has 0 unspecified atom stereocenters. The molecule has 1 heterocycles. The summed E-state index contributed by atoms with van der Waals surface area (Å²) in [7, 11) is 0. The van der Waals surface area contributed by atoms with Gasteiger partial charge in [-0.3, -0.25) is 10.1 Å². The maximum atomic E-state index is 11.6. The van der Waals surface area contributed by atoms with E-state index in [2.05, 4.69) is 10.3 Å². The van der Waals surface area contributed by atoms with Gasteiger partial charge in [-0.15, -0.1) is 11.3 Å². The Morgan fingerprint density at radius 1 is 1.28 bits per heavy atom. The third kappa shape index (κ3) is 3.53. The van der Waals surface area contributed by atoms with Crippen LogP contribution in [0.2, 0.25) is 0 Å². The molecule has 2 rings (SSSR count). The van der Waals surface area contributed by atoms with Crippen molar-refractivity contribution in [2.24, 2.45) is 0 Å². The zero-order valence-corrected chi connectivity index (χ0v) is 11.1. The molecule has 0 aliphatic rings. The van der Waals surface area contributed by atoms with Crippen molar-refractivity contribution in [3.63, 3.8) is 0 Å². The molecule has 2 aromatic rings. The molecule has 0 fully saturated rings. The second kappa shape index (κ2) is 5.60. The highest BCUT2D eigenvalue weighted by molar-refractivity contribution is 7.13. The summed E-state index contributed by atoms with van der Waals surface area (Å²) in [5.74, 6) is -0.162. The number of amides is 1. The molecule has 18 heavy (non-hydrogen) atoms. The molecule has 0 spiro atoms. The number of aryl methyl sites for hydroxylation is 2. The Bertz CT molecular complexity index is 570. The van der Waals surface area contributed by atoms with E-state index in [0.717, 1.165) is 11.3 Å². The molecule has 92 valence electrons. The van der Waals surface area contributed by atoms with Gasteiger partial charge in [0.1, 0.15) is 0 Å². The number of hydrogen-bond acceptors (Lipinski definition) is 3. The van der Waals surface area contributed by atoms with Crippen molar-refractivity contribution >= 4 is 28.5 Å². The summed E-state index contributed by atoms with van der Waals surface area (Å²) in [6.45, 7) is 3.93. The average Bonchev–Trinajstić information content (AvgIpc) is 2.74. The Morgan fingerprint density at radius 3 is 2.61 bits per heavy atom. The van der Waals surface area contributed by atoms with Crippen LogP contribution in [-0.4, -0.2) is 10.9 Å². The third-order valence-corrected chi connectivity index (χ3v) is 3.23. The quantitative estimate of drug-likeness (QED) is 0.857. The van der Waals surface area contributed by atoms with E-state index in [1.165, 1.54) is 23.0 Å². The monoisotopic (exact) mass is 258 g/mol. The molecule has 1 amide bonds. The zero-order valence-electron chi connectivity index (χ0n) is 10.3. The molecule has 1 aromatic heterocycles. The number of nitrogens with one attached hydrogen (secondary N) is 1. The topological polar surface area (TPSA) is 42.0 Å². The Morgan fingerprint density at radius 2 is 2.00 bits per heavy atom. The van der Waals surface area contributed by atoms with Crippen LogP contribution in [0.1, 0.15) is 16.8 Å². The van der Waals surface area contributed by atoms with Crippen LogP contribution in [-0.2, 0) is 4.79 Å². The number of rotatable bonds is 3. The molecule has 0 saturated heterocycles. The van der Waals surface area contributed by atoms with E-state index in [0.29, 0.717) is 5.13 Å². The van der Waals surface area contributed by atoms with E-state index in [4.69, 9.17) is 0 Å². The van der Waals surface area contributed by atoms with Gasteiger partial charge in [-0.1, -0.05) is 29.8 Å². The van der Waals surface area contributed by atoms with Crippen LogP contribution in [0.4, 0.5) is 5.13 Å². The lowest BCUT2D eigenvalue weighted by Gasteiger charge is -1.96. The Kier molecular flexibility index (Phi) is 3.89. The molecule has 0 bridgehead atoms. The van der Waals surface area contributed by atoms with Crippen LogP contribution in [0.3, 0.4) is 0 Å². The van der Waals surface area contributed by atoms with Crippen LogP contribution < -0.4 is 5.32 Å². The van der Waals surface area contributed by atoms with Crippen LogP contribution >= 0.6 is 11.3 Å². The summed E-state index contributed by atoms with van der Waals surface area (Å²) < 4.78 is 0. The smallest absolute Gasteiger partial charge is 0.250 e. The number of benzene rings is 1. The molecular formula is C14H14N2OS. The molecule has 4 heteroatoms. The molecule has 1 aromatic carbocycles. The number of carbonyl (C=O) groups excluding carboxylic acids is 1. The van der Waals surface area contributed by atoms with Crippen LogP contribution in [0.15, 0.2) is 35.7 Å². The van der Waals surface area contributed by atoms with Crippen molar-refractivity contribution in [3.05, 3.63) is 52.5 Å². The highest BCUT2D eigenvalue weighted by Crippen LogP contribution is 2.14. The second-order valence-electron chi connectivity index (χ2n) is 4.03. The minimum atomic E-state index is -0.162. The fourth-order valence-corrected chi connectivity index (χ4v) is 2.10. The van der Waals surface area contributed by atoms with Gasteiger partial charge in [-0.25, -0.2) is 4.98 Å². The second-order valence-corrected chi connectivity index (χ2v) is 4.89. The molecule has 1 N–H and O–H groups in total. The number of thiazole rings is 1. The molecule has 0 aliphatic heterocycles. The van der Waals surface area contributed by atoms with Gasteiger partial charge in [0.15, 0.2) is 5.13 Å². The van der Waals surface area contributed by atoms with Gasteiger partial charge in [0, 0.05) is 11.5 Å². The Hall–Kier alpha value is -1.94. The summed E-state index contributed by atoms with van der Waals surface area (Å²) in [4.78, 5) is 15.8. The van der Waals surface area contributed by atoms with E-state index < -0.39 is 0 Å². The summed E-state index contributed by atoms with van der Waals surface area (Å²) in [6, 6.07) is 7.99. The molecule has 0 atom stereocenters. The molecular weight excluding hydrogens is 244 g/mol. The predicted octanol–water partition coefficient (Wildman–Crippen LogP) is 3.41. The van der Waals surface area contributed by atoms with Crippen molar-refractivity contribution < 1.29 is 4.79 Å². The normalized spacial score (nSPS) is 10.8. The van der Waals surface area contributed by atoms with E-state index in [9.17, 15) is 4.79 Å². The fraction of sp³-hybridized carbons (Fsp3) is 0.143. The van der Waals surface area contributed by atoms with Crippen molar-refractivity contribution in [1.82, 2.24) is 4.98 Å². The van der Waals surface area contributed by atoms with Gasteiger partial charge in [-0.05, 0) is 25.5 Å². The zero-order chi connectivity index (χ0) is 13.0. The number of carbonyl (C=O) groups is 1. The first-order valence-corrected chi connectivity index (χ1v) is 6.49. The van der Waals surface area contributed by atoms with Crippen LogP contribution in [0, 0.1) is 13.8 Å². The van der Waals surface area contributed by atoms with E-state index in [1.54, 1.807) is 6.08 Å². The van der Waals surface area contributed by atoms with Gasteiger partial charge in [0.05, 0.1) is 5.69 Å². The minimum Gasteiger partial charge on any atom is -0.298 e. The molecule has 0 saturated carbocycles. The summed E-state index contributed by atoms with van der Waals surface area (Å²) in [5.41, 5.74) is 3.12. The summed E-state index contributed by atoms with van der Waals surface area (Å²) in [6.07, 6.45) is 3.30. The third-order valence-electron chi connectivity index (χ3n) is 2.35. The highest BCUT2D eigenvalue weighted by atomic mass is 32.1. The van der Waals surface area contributed by atoms with Crippen molar-refractivity contribution in [2.45, 2.75) is 13.8 Å². The average molecular weight is 258 g/mol. The minimum absolute atomic E-state index is 0.162. The van der Waals surface area contributed by atoms with Gasteiger partial charge >= 0.3 is 0 Å². The predicted molar refractivity (Wildman–Crippen MR) is 75.7 cm³/mol. The van der Waals surface area contributed by atoms with Gasteiger partial charge in [0.25, 0.3) is 0 Å². The van der Waals surface area contributed by atoms with Gasteiger partial charge < -0.3 is 0 Å². The van der Waals surface area contributed by atoms with E-state index >= 15 is 0 Å². The number of hydrogen-bond donors (Lipinski definition) is 1. The Labute approximate surface area is 110 Å². The Balaban J connectivity index is 1.96. The first-order valence-electron chi connectivity index (χ1n) is 5.61. The first kappa shape index (κ1) is 12.5. The lowest BCUT2D eigenvalue weighted by molar-refractivity contribution is -0.111. The molecule has 0 radical (unpaired) electrons. The lowest BCUT2D eigenvalue weighted by atomic mass is 10.1. The largest absolute Gasteiger partial charge is 0.298 e. The summed E-state index contributed by atoms with van der Waals surface area (Å²) >= 11 is 1.42. The first-order chi connectivity index (χ1) is 8.63. The molecule has 0 aliphatic carbocycles. The lowest BCUT2D eigenvalue weighted by Crippen LogP contribution is -2.07. The SMILES string of the molecule is Cc1ccc(C=CC(=O)Nc2nc(C)cs2)cc1. The van der Waals surface area contributed by atoms with Gasteiger partial charge in [0.2, 0.25) is 5.91 Å². The summed E-state index contributed by atoms with van der Waals surface area (Å²) in [5, 5.41) is 5.26. The number of anilines is 1. The van der Waals surface area contributed by atoms with Gasteiger partial charge in [-0.2, -0.15) is 0 Å². The van der Waals surface area contributed by atoms with Crippen LogP contribution in [0.25, 0.3) is 6.08 Å². The van der Waals surface area contributed by atoms with Crippen molar-refractivity contribution in [3.8, 4) is 0 Å². The maximum absolute atomic E-state index is 11.6. The fourth-order valence-electron chi connectivity index (χ4n) is 1.41. The van der Waals surface area contributed by atoms with Crippen molar-refractivity contribution in [2.75, 3.05) is 5.32 Å². The van der Waals surface area contributed by atoms with E-state index in [1.807, 2.05) is 43.5 Å². The number of nitrogens with zero attached hydrogens (tertiary/aromatic N) is 1.